The first-order valence-corrected chi connectivity index (χ1v) is 10.2. The van der Waals surface area contributed by atoms with Crippen molar-refractivity contribution < 1.29 is 12.9 Å². The molecule has 0 amide bonds. The molecule has 0 saturated carbocycles. The monoisotopic (exact) mass is 349 g/mol. The van der Waals surface area contributed by atoms with Gasteiger partial charge in [-0.25, -0.2) is 8.42 Å². The third kappa shape index (κ3) is 2.85. The molecule has 4 rings (SSSR count). The van der Waals surface area contributed by atoms with E-state index in [0.717, 1.165) is 37.0 Å². The molecule has 0 spiro atoms. The number of nitrogens with zero attached hydrogens (tertiary/aromatic N) is 3. The molecule has 2 aromatic rings. The fourth-order valence-corrected chi connectivity index (χ4v) is 5.79. The summed E-state index contributed by atoms with van der Waals surface area (Å²) >= 11 is 0. The van der Waals surface area contributed by atoms with Crippen LogP contribution in [-0.2, 0) is 16.4 Å². The minimum Gasteiger partial charge on any atom is -0.356 e. The summed E-state index contributed by atoms with van der Waals surface area (Å²) in [5.74, 6) is 0.611. The zero-order chi connectivity index (χ0) is 16.7. The quantitative estimate of drug-likeness (QED) is 0.841. The van der Waals surface area contributed by atoms with E-state index in [1.807, 2.05) is 24.3 Å². The van der Waals surface area contributed by atoms with Gasteiger partial charge in [-0.1, -0.05) is 17.3 Å². The second-order valence-electron chi connectivity index (χ2n) is 6.97. The number of benzene rings is 1. The molecule has 1 aromatic carbocycles. The molecule has 7 heteroatoms. The summed E-state index contributed by atoms with van der Waals surface area (Å²) in [6, 6.07) is 7.72. The van der Waals surface area contributed by atoms with E-state index in [4.69, 9.17) is 4.52 Å². The number of piperidine rings is 1. The number of hydrogen-bond donors (Lipinski definition) is 0. The first-order valence-electron chi connectivity index (χ1n) is 8.56. The molecular weight excluding hydrogens is 326 g/mol. The second-order valence-corrected chi connectivity index (χ2v) is 9.01. The van der Waals surface area contributed by atoms with Gasteiger partial charge < -0.3 is 9.42 Å². The average Bonchev–Trinajstić information content (AvgIpc) is 3.17. The number of fused-ring (bicyclic) bond motifs is 2. The highest BCUT2D eigenvalue weighted by Gasteiger charge is 2.42. The first-order chi connectivity index (χ1) is 11.5. The summed E-state index contributed by atoms with van der Waals surface area (Å²) < 4.78 is 32.8. The van der Waals surface area contributed by atoms with Gasteiger partial charge in [0.2, 0.25) is 10.0 Å². The molecule has 130 valence electrons. The van der Waals surface area contributed by atoms with Gasteiger partial charge in [0.15, 0.2) is 5.58 Å². The van der Waals surface area contributed by atoms with E-state index >= 15 is 0 Å². The minimum atomic E-state index is -3.27. The molecule has 6 nitrogen and oxygen atoms in total. The van der Waals surface area contributed by atoms with Crippen LogP contribution < -0.4 is 0 Å². The van der Waals surface area contributed by atoms with Gasteiger partial charge in [0.1, 0.15) is 0 Å². The van der Waals surface area contributed by atoms with E-state index in [0.29, 0.717) is 24.5 Å². The predicted molar refractivity (Wildman–Crippen MR) is 92.2 cm³/mol. The molecule has 0 N–H and O–H groups in total. The molecule has 3 heterocycles. The molecule has 24 heavy (non-hydrogen) atoms. The summed E-state index contributed by atoms with van der Waals surface area (Å²) in [7, 11) is -1.20. The Kier molecular flexibility index (Phi) is 4.10. The van der Waals surface area contributed by atoms with Gasteiger partial charge in [-0.15, -0.1) is 0 Å². The van der Waals surface area contributed by atoms with Gasteiger partial charge in [0.05, 0.1) is 11.4 Å². The van der Waals surface area contributed by atoms with Crippen LogP contribution >= 0.6 is 0 Å². The molecule has 2 aliphatic heterocycles. The zero-order valence-electron chi connectivity index (χ0n) is 13.9. The number of aromatic nitrogens is 1. The van der Waals surface area contributed by atoms with Crippen molar-refractivity contribution in [2.24, 2.45) is 5.92 Å². The molecule has 0 aliphatic carbocycles. The van der Waals surface area contributed by atoms with E-state index in [2.05, 4.69) is 17.1 Å². The molecule has 1 aromatic heterocycles. The average molecular weight is 349 g/mol. The third-order valence-electron chi connectivity index (χ3n) is 5.42. The molecule has 2 aliphatic rings. The van der Waals surface area contributed by atoms with E-state index < -0.39 is 10.0 Å². The van der Waals surface area contributed by atoms with E-state index in [1.165, 1.54) is 0 Å². The van der Waals surface area contributed by atoms with Crippen LogP contribution in [0.3, 0.4) is 0 Å². The van der Waals surface area contributed by atoms with Crippen molar-refractivity contribution in [1.82, 2.24) is 14.4 Å². The fraction of sp³-hybridized carbons (Fsp3) is 0.588. The van der Waals surface area contributed by atoms with E-state index in [-0.39, 0.29) is 11.8 Å². The van der Waals surface area contributed by atoms with Crippen molar-refractivity contribution in [3.05, 3.63) is 30.0 Å². The van der Waals surface area contributed by atoms with Crippen LogP contribution in [0.15, 0.2) is 28.8 Å². The van der Waals surface area contributed by atoms with Gasteiger partial charge in [0.25, 0.3) is 0 Å². The molecule has 2 fully saturated rings. The Bertz CT molecular complexity index is 832. The summed E-state index contributed by atoms with van der Waals surface area (Å²) in [5.41, 5.74) is 1.44. The maximum Gasteiger partial charge on any atom is 0.214 e. The predicted octanol–water partition coefficient (Wildman–Crippen LogP) is 1.73. The number of likely N-dealkylation sites (N-methyl/N-ethyl adjacent to an activating group) is 1. The molecule has 2 saturated heterocycles. The lowest BCUT2D eigenvalue weighted by molar-refractivity contribution is 0.165. The van der Waals surface area contributed by atoms with Crippen molar-refractivity contribution in [2.45, 2.75) is 25.3 Å². The lowest BCUT2D eigenvalue weighted by Gasteiger charge is -2.36. The second kappa shape index (κ2) is 6.13. The fourth-order valence-electron chi connectivity index (χ4n) is 4.07. The Balaban J connectivity index is 1.49. The van der Waals surface area contributed by atoms with Crippen molar-refractivity contribution in [2.75, 3.05) is 32.4 Å². The van der Waals surface area contributed by atoms with Gasteiger partial charge >= 0.3 is 0 Å². The maximum absolute atomic E-state index is 12.9. The van der Waals surface area contributed by atoms with Gasteiger partial charge in [-0.3, -0.25) is 0 Å². The van der Waals surface area contributed by atoms with Crippen LogP contribution in [0.2, 0.25) is 0 Å². The Hall–Kier alpha value is -1.44. The maximum atomic E-state index is 12.9. The summed E-state index contributed by atoms with van der Waals surface area (Å²) in [5, 5.41) is 4.96. The van der Waals surface area contributed by atoms with Crippen LogP contribution in [0.5, 0.6) is 0 Å². The molecular formula is C17H23N3O3S. The largest absolute Gasteiger partial charge is 0.356 e. The number of sulfonamides is 1. The van der Waals surface area contributed by atoms with E-state index in [9.17, 15) is 8.42 Å². The highest BCUT2D eigenvalue weighted by Crippen LogP contribution is 2.33. The number of rotatable bonds is 4. The molecule has 2 unspecified atom stereocenters. The number of hydrogen-bond acceptors (Lipinski definition) is 5. The Labute approximate surface area is 142 Å². The standard InChI is InChI=1S/C17H23N3O3S/c1-19-9-6-13-7-10-20(16(13)12-19)24(21,22)11-8-15-14-4-2-3-5-17(14)23-18-15/h2-5,13,16H,6-12H2,1H3. The van der Waals surface area contributed by atoms with Crippen LogP contribution in [-0.4, -0.2) is 61.3 Å². The van der Waals surface area contributed by atoms with Gasteiger partial charge in [-0.2, -0.15) is 4.31 Å². The van der Waals surface area contributed by atoms with Crippen LogP contribution in [0, 0.1) is 5.92 Å². The van der Waals surface area contributed by atoms with Gasteiger partial charge in [-0.05, 0) is 44.5 Å². The Morgan fingerprint density at radius 3 is 2.92 bits per heavy atom. The van der Waals surface area contributed by atoms with Crippen LogP contribution in [0.4, 0.5) is 0 Å². The molecule has 0 bridgehead atoms. The topological polar surface area (TPSA) is 66.7 Å². The third-order valence-corrected chi connectivity index (χ3v) is 7.31. The summed E-state index contributed by atoms with van der Waals surface area (Å²) in [6.07, 6.45) is 2.48. The summed E-state index contributed by atoms with van der Waals surface area (Å²) in [6.45, 7) is 2.57. The SMILES string of the molecule is CN1CCC2CCN(S(=O)(=O)CCc3noc4ccccc34)C2C1. The molecule has 0 radical (unpaired) electrons. The van der Waals surface area contributed by atoms with Crippen molar-refractivity contribution in [3.8, 4) is 0 Å². The van der Waals surface area contributed by atoms with Gasteiger partial charge in [0, 0.05) is 30.9 Å². The van der Waals surface area contributed by atoms with Crippen LogP contribution in [0.25, 0.3) is 11.0 Å². The first kappa shape index (κ1) is 16.1. The van der Waals surface area contributed by atoms with Crippen molar-refractivity contribution in [1.29, 1.82) is 0 Å². The van der Waals surface area contributed by atoms with Crippen molar-refractivity contribution in [3.63, 3.8) is 0 Å². The Morgan fingerprint density at radius 1 is 1.25 bits per heavy atom. The lowest BCUT2D eigenvalue weighted by atomic mass is 9.93. The van der Waals surface area contributed by atoms with Crippen molar-refractivity contribution >= 4 is 21.0 Å². The highest BCUT2D eigenvalue weighted by atomic mass is 32.2. The van der Waals surface area contributed by atoms with E-state index in [1.54, 1.807) is 4.31 Å². The van der Waals surface area contributed by atoms with Crippen LogP contribution in [0.1, 0.15) is 18.5 Å². The summed E-state index contributed by atoms with van der Waals surface area (Å²) in [4.78, 5) is 2.24. The smallest absolute Gasteiger partial charge is 0.214 e. The normalized spacial score (nSPS) is 26.0. The number of para-hydroxylation sites is 1. The molecule has 2 atom stereocenters. The Morgan fingerprint density at radius 2 is 2.04 bits per heavy atom. The minimum absolute atomic E-state index is 0.0937. The number of aryl methyl sites for hydroxylation is 1. The zero-order valence-corrected chi connectivity index (χ0v) is 14.7. The number of likely N-dealkylation sites (tertiary alicyclic amines) is 1. The lowest BCUT2D eigenvalue weighted by Crippen LogP contribution is -2.49. The highest BCUT2D eigenvalue weighted by molar-refractivity contribution is 7.89.